The molecular formula is C26H34N4O7S. The molecule has 0 bridgehead atoms. The number of nitro benzene ring substituents is 1. The number of amides is 2. The third-order valence-corrected chi connectivity index (χ3v) is 7.76. The van der Waals surface area contributed by atoms with Crippen LogP contribution in [0.25, 0.3) is 0 Å². The van der Waals surface area contributed by atoms with Crippen molar-refractivity contribution in [2.24, 2.45) is 0 Å². The molecule has 2 aromatic carbocycles. The van der Waals surface area contributed by atoms with Gasteiger partial charge in [-0.2, -0.15) is 0 Å². The first-order valence-corrected chi connectivity index (χ1v) is 14.3. The van der Waals surface area contributed by atoms with Gasteiger partial charge in [0.05, 0.1) is 18.3 Å². The number of nitro groups is 1. The molecule has 1 aliphatic carbocycles. The number of methoxy groups -OCH3 is 1. The Morgan fingerprint density at radius 3 is 2.37 bits per heavy atom. The Labute approximate surface area is 223 Å². The number of rotatable bonds is 11. The van der Waals surface area contributed by atoms with Gasteiger partial charge in [-0.05, 0) is 31.4 Å². The Balaban J connectivity index is 1.94. The molecule has 0 unspecified atom stereocenters. The van der Waals surface area contributed by atoms with Gasteiger partial charge in [-0.3, -0.25) is 24.0 Å². The molecule has 1 atom stereocenters. The number of sulfonamides is 1. The van der Waals surface area contributed by atoms with Crippen LogP contribution in [0, 0.1) is 10.1 Å². The molecule has 0 saturated heterocycles. The molecule has 1 fully saturated rings. The monoisotopic (exact) mass is 546 g/mol. The average molecular weight is 547 g/mol. The van der Waals surface area contributed by atoms with Gasteiger partial charge in [0.2, 0.25) is 21.8 Å². The summed E-state index contributed by atoms with van der Waals surface area (Å²) >= 11 is 0. The van der Waals surface area contributed by atoms with Crippen molar-refractivity contribution in [1.29, 1.82) is 0 Å². The number of non-ortho nitro benzene ring substituents is 1. The van der Waals surface area contributed by atoms with Gasteiger partial charge in [-0.1, -0.05) is 49.6 Å². The first kappa shape index (κ1) is 28.9. The van der Waals surface area contributed by atoms with E-state index in [-0.39, 0.29) is 35.6 Å². The second-order valence-electron chi connectivity index (χ2n) is 9.41. The minimum Gasteiger partial charge on any atom is -0.495 e. The van der Waals surface area contributed by atoms with Crippen LogP contribution in [0.1, 0.15) is 44.6 Å². The first-order chi connectivity index (χ1) is 18.0. The Bertz CT molecular complexity index is 1250. The number of anilines is 1. The van der Waals surface area contributed by atoms with Gasteiger partial charge in [-0.25, -0.2) is 8.42 Å². The highest BCUT2D eigenvalue weighted by molar-refractivity contribution is 7.92. The number of hydrogen-bond donors (Lipinski definition) is 1. The van der Waals surface area contributed by atoms with E-state index in [1.807, 2.05) is 30.3 Å². The van der Waals surface area contributed by atoms with Gasteiger partial charge in [0.15, 0.2) is 0 Å². The quantitative estimate of drug-likeness (QED) is 0.337. The van der Waals surface area contributed by atoms with Gasteiger partial charge in [0, 0.05) is 24.7 Å². The predicted octanol–water partition coefficient (Wildman–Crippen LogP) is 3.24. The second-order valence-corrected chi connectivity index (χ2v) is 11.3. The van der Waals surface area contributed by atoms with E-state index in [0.717, 1.165) is 54.3 Å². The van der Waals surface area contributed by atoms with Crippen LogP contribution in [0.5, 0.6) is 5.75 Å². The molecule has 0 radical (unpaired) electrons. The van der Waals surface area contributed by atoms with E-state index in [1.165, 1.54) is 24.1 Å². The highest BCUT2D eigenvalue weighted by atomic mass is 32.2. The maximum Gasteiger partial charge on any atom is 0.271 e. The van der Waals surface area contributed by atoms with Crippen molar-refractivity contribution < 1.29 is 27.7 Å². The van der Waals surface area contributed by atoms with Crippen molar-refractivity contribution >= 4 is 33.2 Å². The lowest BCUT2D eigenvalue weighted by atomic mass is 9.95. The summed E-state index contributed by atoms with van der Waals surface area (Å²) in [5.74, 6) is -0.911. The van der Waals surface area contributed by atoms with E-state index >= 15 is 0 Å². The molecule has 12 heteroatoms. The summed E-state index contributed by atoms with van der Waals surface area (Å²) in [4.78, 5) is 38.9. The standard InChI is InChI=1S/C26H34N4O7S/c1-19(26(32)27-21-12-8-5-9-13-21)28(17-20-10-6-4-7-11-20)25(31)18-29(38(3,35)36)23-16-22(30(33)34)14-15-24(23)37-2/h4,6-7,10-11,14-16,19,21H,5,8-9,12-13,17-18H2,1-3H3,(H,27,32)/t19-/m1/s1. The van der Waals surface area contributed by atoms with E-state index in [1.54, 1.807) is 6.92 Å². The third kappa shape index (κ3) is 7.44. The van der Waals surface area contributed by atoms with Gasteiger partial charge in [-0.15, -0.1) is 0 Å². The summed E-state index contributed by atoms with van der Waals surface area (Å²) in [7, 11) is -2.78. The number of carbonyl (C=O) groups is 2. The van der Waals surface area contributed by atoms with Crippen molar-refractivity contribution in [2.45, 2.75) is 57.7 Å². The SMILES string of the molecule is COc1ccc([N+](=O)[O-])cc1N(CC(=O)N(Cc1ccccc1)[C@H](C)C(=O)NC1CCCCC1)S(C)(=O)=O. The Morgan fingerprint density at radius 2 is 1.79 bits per heavy atom. The Kier molecular flexibility index (Phi) is 9.67. The number of carbonyl (C=O) groups excluding carboxylic acids is 2. The van der Waals surface area contributed by atoms with Crippen LogP contribution in [-0.2, 0) is 26.2 Å². The van der Waals surface area contributed by atoms with Crippen molar-refractivity contribution in [1.82, 2.24) is 10.2 Å². The van der Waals surface area contributed by atoms with Crippen LogP contribution in [0.4, 0.5) is 11.4 Å². The Hall–Kier alpha value is -3.67. The van der Waals surface area contributed by atoms with Crippen molar-refractivity contribution in [3.63, 3.8) is 0 Å². The third-order valence-electron chi connectivity index (χ3n) is 6.64. The van der Waals surface area contributed by atoms with E-state index in [2.05, 4.69) is 5.32 Å². The average Bonchev–Trinajstić information content (AvgIpc) is 2.90. The van der Waals surface area contributed by atoms with Crippen LogP contribution >= 0.6 is 0 Å². The lowest BCUT2D eigenvalue weighted by Gasteiger charge is -2.33. The molecule has 3 rings (SSSR count). The molecule has 2 amide bonds. The molecule has 206 valence electrons. The highest BCUT2D eigenvalue weighted by Gasteiger charge is 2.32. The van der Waals surface area contributed by atoms with Crippen LogP contribution in [0.2, 0.25) is 0 Å². The van der Waals surface area contributed by atoms with E-state index in [9.17, 15) is 28.1 Å². The van der Waals surface area contributed by atoms with Crippen molar-refractivity contribution in [3.8, 4) is 5.75 Å². The normalized spacial score (nSPS) is 14.8. The van der Waals surface area contributed by atoms with Gasteiger partial charge < -0.3 is 15.0 Å². The maximum absolute atomic E-state index is 13.7. The van der Waals surface area contributed by atoms with Gasteiger partial charge in [0.25, 0.3) is 5.69 Å². The molecule has 1 aliphatic rings. The molecule has 38 heavy (non-hydrogen) atoms. The van der Waals surface area contributed by atoms with Crippen LogP contribution < -0.4 is 14.4 Å². The molecule has 1 saturated carbocycles. The lowest BCUT2D eigenvalue weighted by molar-refractivity contribution is -0.384. The molecule has 0 spiro atoms. The van der Waals surface area contributed by atoms with Crippen LogP contribution in [0.15, 0.2) is 48.5 Å². The van der Waals surface area contributed by atoms with Crippen LogP contribution in [0.3, 0.4) is 0 Å². The fourth-order valence-corrected chi connectivity index (χ4v) is 5.36. The van der Waals surface area contributed by atoms with E-state index < -0.39 is 33.4 Å². The fourth-order valence-electron chi connectivity index (χ4n) is 4.51. The zero-order valence-electron chi connectivity index (χ0n) is 21.8. The molecular weight excluding hydrogens is 512 g/mol. The minimum atomic E-state index is -4.08. The van der Waals surface area contributed by atoms with Gasteiger partial charge >= 0.3 is 0 Å². The van der Waals surface area contributed by atoms with Gasteiger partial charge in [0.1, 0.15) is 24.0 Å². The molecule has 11 nitrogen and oxygen atoms in total. The first-order valence-electron chi connectivity index (χ1n) is 12.4. The minimum absolute atomic E-state index is 0.0361. The van der Waals surface area contributed by atoms with Crippen LogP contribution in [-0.4, -0.2) is 62.0 Å². The zero-order chi connectivity index (χ0) is 27.9. The number of ether oxygens (including phenoxy) is 1. The second kappa shape index (κ2) is 12.7. The predicted molar refractivity (Wildman–Crippen MR) is 143 cm³/mol. The van der Waals surface area contributed by atoms with Crippen molar-refractivity contribution in [2.75, 3.05) is 24.2 Å². The molecule has 1 N–H and O–H groups in total. The largest absolute Gasteiger partial charge is 0.495 e. The highest BCUT2D eigenvalue weighted by Crippen LogP contribution is 2.34. The topological polar surface area (TPSA) is 139 Å². The summed E-state index contributed by atoms with van der Waals surface area (Å²) in [5.41, 5.74) is 0.261. The Morgan fingerprint density at radius 1 is 1.13 bits per heavy atom. The van der Waals surface area contributed by atoms with Crippen molar-refractivity contribution in [3.05, 3.63) is 64.2 Å². The summed E-state index contributed by atoms with van der Waals surface area (Å²) < 4.78 is 31.6. The molecule has 0 aromatic heterocycles. The maximum atomic E-state index is 13.7. The lowest BCUT2D eigenvalue weighted by Crippen LogP contribution is -2.53. The summed E-state index contributed by atoms with van der Waals surface area (Å²) in [5, 5.41) is 14.4. The summed E-state index contributed by atoms with van der Waals surface area (Å²) in [6.07, 6.45) is 5.84. The van der Waals surface area contributed by atoms with E-state index in [0.29, 0.717) is 0 Å². The number of hydrogen-bond acceptors (Lipinski definition) is 7. The summed E-state index contributed by atoms with van der Waals surface area (Å²) in [6, 6.07) is 11.7. The smallest absolute Gasteiger partial charge is 0.271 e. The fraction of sp³-hybridized carbons (Fsp3) is 0.462. The summed E-state index contributed by atoms with van der Waals surface area (Å²) in [6.45, 7) is 1.00. The van der Waals surface area contributed by atoms with E-state index in [4.69, 9.17) is 4.74 Å². The number of nitrogens with zero attached hydrogens (tertiary/aromatic N) is 3. The number of benzene rings is 2. The molecule has 0 heterocycles. The molecule has 2 aromatic rings. The molecule has 0 aliphatic heterocycles. The zero-order valence-corrected chi connectivity index (χ0v) is 22.6. The number of nitrogens with one attached hydrogen (secondary N) is 1.